The number of carbonyl (C=O) groups excluding carboxylic acids is 2. The van der Waals surface area contributed by atoms with Crippen LogP contribution in [-0.2, 0) is 11.3 Å². The van der Waals surface area contributed by atoms with E-state index in [0.29, 0.717) is 39.9 Å². The summed E-state index contributed by atoms with van der Waals surface area (Å²) in [5, 5.41) is 1.07. The first kappa shape index (κ1) is 23.5. The van der Waals surface area contributed by atoms with E-state index >= 15 is 0 Å². The topological polar surface area (TPSA) is 82.7 Å². The maximum Gasteiger partial charge on any atom is 0.338 e. The van der Waals surface area contributed by atoms with Gasteiger partial charge in [-0.25, -0.2) is 4.79 Å². The molecule has 1 spiro atoms. The number of benzene rings is 3. The molecule has 1 N–H and O–H groups in total. The molecule has 38 heavy (non-hydrogen) atoms. The van der Waals surface area contributed by atoms with Crippen LogP contribution in [0.3, 0.4) is 0 Å². The number of nitrogens with one attached hydrogen (secondary N) is 1. The third-order valence-corrected chi connectivity index (χ3v) is 6.98. The number of pyridine rings is 1. The quantitative estimate of drug-likeness (QED) is 0.371. The van der Waals surface area contributed by atoms with Gasteiger partial charge >= 0.3 is 5.97 Å². The predicted octanol–water partition coefficient (Wildman–Crippen LogP) is 5.32. The summed E-state index contributed by atoms with van der Waals surface area (Å²) in [5.41, 5.74) is 1.20. The van der Waals surface area contributed by atoms with Crippen molar-refractivity contribution in [3.63, 3.8) is 0 Å². The number of aromatic amines is 1. The number of esters is 1. The lowest BCUT2D eigenvalue weighted by molar-refractivity contribution is 0.0526. The van der Waals surface area contributed by atoms with Gasteiger partial charge in [0.1, 0.15) is 11.4 Å². The van der Waals surface area contributed by atoms with Crippen molar-refractivity contribution in [2.24, 2.45) is 0 Å². The van der Waals surface area contributed by atoms with Gasteiger partial charge in [-0.1, -0.05) is 48.5 Å². The van der Waals surface area contributed by atoms with Crippen LogP contribution in [0.5, 0.6) is 0 Å². The molecule has 0 aliphatic carbocycles. The molecule has 7 heteroatoms. The number of rotatable bonds is 5. The first-order chi connectivity index (χ1) is 18.5. The van der Waals surface area contributed by atoms with Gasteiger partial charge in [0.05, 0.1) is 17.7 Å². The van der Waals surface area contributed by atoms with E-state index in [1.807, 2.05) is 58.6 Å². The van der Waals surface area contributed by atoms with Gasteiger partial charge in [0.2, 0.25) is 5.78 Å². The molecular formula is C31H25N3O4. The van der Waals surface area contributed by atoms with E-state index in [2.05, 4.69) is 17.1 Å². The van der Waals surface area contributed by atoms with Gasteiger partial charge in [0.15, 0.2) is 0 Å². The van der Waals surface area contributed by atoms with Crippen LogP contribution < -0.4 is 10.5 Å². The van der Waals surface area contributed by atoms with Crippen LogP contribution in [0.15, 0.2) is 108 Å². The SMILES string of the molecule is CCOC(=O)c1ccc(N2c3[nH]c(=O)c4ccccc4c3C(=O)C23C=CN(Cc2ccccc2)C=C3)cc1. The minimum absolute atomic E-state index is 0.138. The lowest BCUT2D eigenvalue weighted by atomic mass is 9.89. The van der Waals surface area contributed by atoms with Crippen molar-refractivity contribution < 1.29 is 14.3 Å². The highest BCUT2D eigenvalue weighted by atomic mass is 16.5. The summed E-state index contributed by atoms with van der Waals surface area (Å²) in [5.74, 6) is -0.130. The van der Waals surface area contributed by atoms with Crippen molar-refractivity contribution >= 4 is 34.0 Å². The number of carbonyl (C=O) groups is 2. The van der Waals surface area contributed by atoms with Gasteiger partial charge in [-0.15, -0.1) is 0 Å². The molecule has 2 aliphatic rings. The highest BCUT2D eigenvalue weighted by molar-refractivity contribution is 6.24. The Labute approximate surface area is 219 Å². The molecule has 0 amide bonds. The molecular weight excluding hydrogens is 478 g/mol. The standard InChI is InChI=1S/C31H25N3O4/c1-2-38-30(37)22-12-14-23(15-13-22)34-28-26(24-10-6-7-11-25(24)29(36)32-28)27(35)31(34)16-18-33(19-17-31)20-21-8-4-3-5-9-21/h3-19H,2,20H2,1H3,(H,32,36). The van der Waals surface area contributed by atoms with Crippen LogP contribution in [0, 0.1) is 0 Å². The second-order valence-corrected chi connectivity index (χ2v) is 9.27. The van der Waals surface area contributed by atoms with Crippen LogP contribution in [0.2, 0.25) is 0 Å². The van der Waals surface area contributed by atoms with Crippen LogP contribution in [0.25, 0.3) is 10.8 Å². The Balaban J connectivity index is 1.47. The Morgan fingerprint density at radius 3 is 2.21 bits per heavy atom. The largest absolute Gasteiger partial charge is 0.462 e. The van der Waals surface area contributed by atoms with E-state index in [0.717, 1.165) is 5.56 Å². The Hall–Kier alpha value is -4.91. The minimum Gasteiger partial charge on any atom is -0.462 e. The molecule has 6 rings (SSSR count). The third-order valence-electron chi connectivity index (χ3n) is 6.98. The first-order valence-corrected chi connectivity index (χ1v) is 12.5. The molecule has 0 fully saturated rings. The average Bonchev–Trinajstić information content (AvgIpc) is 3.18. The monoisotopic (exact) mass is 503 g/mol. The maximum atomic E-state index is 14.2. The van der Waals surface area contributed by atoms with E-state index in [9.17, 15) is 14.4 Å². The molecule has 1 aromatic heterocycles. The van der Waals surface area contributed by atoms with Crippen LogP contribution in [0.4, 0.5) is 11.5 Å². The van der Waals surface area contributed by atoms with Crippen LogP contribution in [-0.4, -0.2) is 33.8 Å². The van der Waals surface area contributed by atoms with E-state index in [-0.39, 0.29) is 17.9 Å². The summed E-state index contributed by atoms with van der Waals surface area (Å²) < 4.78 is 5.12. The number of nitrogens with zero attached hydrogens (tertiary/aromatic N) is 2. The fraction of sp³-hybridized carbons (Fsp3) is 0.129. The van der Waals surface area contributed by atoms with E-state index in [1.165, 1.54) is 0 Å². The van der Waals surface area contributed by atoms with Gasteiger partial charge < -0.3 is 19.5 Å². The average molecular weight is 504 g/mol. The number of Topliss-reactive ketones (excluding diaryl/α,β-unsaturated/α-hetero) is 1. The van der Waals surface area contributed by atoms with Crippen molar-refractivity contribution in [3.8, 4) is 0 Å². The molecule has 3 heterocycles. The Morgan fingerprint density at radius 2 is 1.53 bits per heavy atom. The van der Waals surface area contributed by atoms with E-state index in [4.69, 9.17) is 4.74 Å². The normalized spacial score (nSPS) is 15.3. The summed E-state index contributed by atoms with van der Waals surface area (Å²) in [6, 6.07) is 24.1. The van der Waals surface area contributed by atoms with Gasteiger partial charge in [0, 0.05) is 35.4 Å². The van der Waals surface area contributed by atoms with Crippen LogP contribution in [0.1, 0.15) is 33.2 Å². The van der Waals surface area contributed by atoms with Gasteiger partial charge in [0.25, 0.3) is 5.56 Å². The fourth-order valence-electron chi connectivity index (χ4n) is 5.18. The number of hydrogen-bond donors (Lipinski definition) is 1. The van der Waals surface area contributed by atoms with Crippen molar-refractivity contribution in [1.29, 1.82) is 0 Å². The van der Waals surface area contributed by atoms with Crippen molar-refractivity contribution in [2.75, 3.05) is 11.5 Å². The summed E-state index contributed by atoms with van der Waals surface area (Å²) in [7, 11) is 0. The summed E-state index contributed by atoms with van der Waals surface area (Å²) in [6.45, 7) is 2.69. The highest BCUT2D eigenvalue weighted by Crippen LogP contribution is 2.47. The number of ether oxygens (including phenoxy) is 1. The van der Waals surface area contributed by atoms with Crippen molar-refractivity contribution in [2.45, 2.75) is 19.0 Å². The molecule has 4 aromatic rings. The van der Waals surface area contributed by atoms with Crippen LogP contribution >= 0.6 is 0 Å². The zero-order chi connectivity index (χ0) is 26.3. The Morgan fingerprint density at radius 1 is 0.868 bits per heavy atom. The second-order valence-electron chi connectivity index (χ2n) is 9.27. The zero-order valence-corrected chi connectivity index (χ0v) is 20.8. The number of ketones is 1. The molecule has 0 radical (unpaired) electrons. The number of anilines is 2. The van der Waals surface area contributed by atoms with E-state index in [1.54, 1.807) is 49.4 Å². The second kappa shape index (κ2) is 9.19. The van der Waals surface area contributed by atoms with Gasteiger partial charge in [-0.3, -0.25) is 9.59 Å². The van der Waals surface area contributed by atoms with Crippen molar-refractivity contribution in [1.82, 2.24) is 9.88 Å². The van der Waals surface area contributed by atoms with Gasteiger partial charge in [-0.05, 0) is 55.0 Å². The molecule has 0 atom stereocenters. The van der Waals surface area contributed by atoms with E-state index < -0.39 is 11.5 Å². The smallest absolute Gasteiger partial charge is 0.338 e. The van der Waals surface area contributed by atoms with Crippen molar-refractivity contribution in [3.05, 3.63) is 130 Å². The maximum absolute atomic E-state index is 14.2. The molecule has 0 unspecified atom stereocenters. The molecule has 188 valence electrons. The lowest BCUT2D eigenvalue weighted by Crippen LogP contribution is -2.46. The lowest BCUT2D eigenvalue weighted by Gasteiger charge is -2.37. The molecule has 0 saturated carbocycles. The first-order valence-electron chi connectivity index (χ1n) is 12.5. The highest BCUT2D eigenvalue weighted by Gasteiger charge is 2.51. The molecule has 0 saturated heterocycles. The summed E-state index contributed by atoms with van der Waals surface area (Å²) in [6.07, 6.45) is 7.53. The fourth-order valence-corrected chi connectivity index (χ4v) is 5.18. The number of H-pyrrole nitrogens is 1. The summed E-state index contributed by atoms with van der Waals surface area (Å²) >= 11 is 0. The zero-order valence-electron chi connectivity index (χ0n) is 20.8. The minimum atomic E-state index is -1.19. The summed E-state index contributed by atoms with van der Waals surface area (Å²) in [4.78, 5) is 46.4. The predicted molar refractivity (Wildman–Crippen MR) is 146 cm³/mol. The molecule has 7 nitrogen and oxygen atoms in total. The third kappa shape index (κ3) is 3.71. The Bertz CT molecular complexity index is 1660. The molecule has 3 aromatic carbocycles. The number of aromatic nitrogens is 1. The Kier molecular flexibility index (Phi) is 5.68. The molecule has 2 aliphatic heterocycles. The number of hydrogen-bond acceptors (Lipinski definition) is 6. The number of fused-ring (bicyclic) bond motifs is 3. The van der Waals surface area contributed by atoms with Gasteiger partial charge in [-0.2, -0.15) is 0 Å². The molecule has 0 bridgehead atoms.